The Labute approximate surface area is 319 Å². The highest BCUT2D eigenvalue weighted by atomic mass is 15.1. The van der Waals surface area contributed by atoms with Crippen molar-refractivity contribution in [2.24, 2.45) is 0 Å². The molecule has 0 amide bonds. The molecular formula is C49H36N6. The Hall–Kier alpha value is -7.31. The number of nitrogens with zero attached hydrogens (tertiary/aromatic N) is 4. The molecule has 0 saturated carbocycles. The normalized spacial score (nSPS) is 13.9. The van der Waals surface area contributed by atoms with Crippen molar-refractivity contribution < 1.29 is 0 Å². The Balaban J connectivity index is 1.00. The molecule has 0 fully saturated rings. The minimum absolute atomic E-state index is 0.626. The monoisotopic (exact) mass is 708 g/mol. The van der Waals surface area contributed by atoms with Gasteiger partial charge in [0.15, 0.2) is 17.5 Å². The van der Waals surface area contributed by atoms with E-state index in [4.69, 9.17) is 15.0 Å². The number of dihydropyridines is 2. The fourth-order valence-corrected chi connectivity index (χ4v) is 7.69. The summed E-state index contributed by atoms with van der Waals surface area (Å²) in [6.45, 7) is 1.51. The van der Waals surface area contributed by atoms with Crippen LogP contribution in [0.5, 0.6) is 0 Å². The summed E-state index contributed by atoms with van der Waals surface area (Å²) in [5.41, 5.74) is 13.0. The summed E-state index contributed by atoms with van der Waals surface area (Å²) in [5, 5.41) is 9.54. The smallest absolute Gasteiger partial charge is 0.166 e. The second-order valence-corrected chi connectivity index (χ2v) is 13.7. The first-order valence-electron chi connectivity index (χ1n) is 18.6. The molecule has 6 heteroatoms. The molecule has 8 aromatic rings. The van der Waals surface area contributed by atoms with E-state index in [9.17, 15) is 0 Å². The van der Waals surface area contributed by atoms with E-state index in [2.05, 4.69) is 167 Å². The molecule has 2 aliphatic heterocycles. The fraction of sp³-hybridized carbons (Fsp3) is 0.0408. The van der Waals surface area contributed by atoms with E-state index in [-0.39, 0.29) is 0 Å². The molecule has 2 aromatic heterocycles. The lowest BCUT2D eigenvalue weighted by molar-refractivity contribution is 0.818. The van der Waals surface area contributed by atoms with Crippen LogP contribution in [0.15, 0.2) is 193 Å². The third kappa shape index (κ3) is 6.00. The van der Waals surface area contributed by atoms with Gasteiger partial charge in [-0.15, -0.1) is 0 Å². The van der Waals surface area contributed by atoms with E-state index in [0.717, 1.165) is 58.0 Å². The Bertz CT molecular complexity index is 2830. The summed E-state index contributed by atoms with van der Waals surface area (Å²) in [7, 11) is 0. The maximum atomic E-state index is 5.07. The summed E-state index contributed by atoms with van der Waals surface area (Å²) >= 11 is 0. The van der Waals surface area contributed by atoms with Crippen LogP contribution in [0.25, 0.3) is 78.1 Å². The van der Waals surface area contributed by atoms with Crippen LogP contribution < -0.4 is 10.6 Å². The van der Waals surface area contributed by atoms with Crippen molar-refractivity contribution >= 4 is 27.4 Å². The highest BCUT2D eigenvalue weighted by molar-refractivity contribution is 6.15. The second-order valence-electron chi connectivity index (χ2n) is 13.7. The molecule has 4 heterocycles. The summed E-state index contributed by atoms with van der Waals surface area (Å²) in [5.74, 6) is 1.89. The van der Waals surface area contributed by atoms with Crippen molar-refractivity contribution in [2.45, 2.75) is 0 Å². The van der Waals surface area contributed by atoms with Crippen LogP contribution >= 0.6 is 0 Å². The van der Waals surface area contributed by atoms with Gasteiger partial charge in [-0.05, 0) is 52.6 Å². The Kier molecular flexibility index (Phi) is 8.18. The molecule has 2 N–H and O–H groups in total. The van der Waals surface area contributed by atoms with Gasteiger partial charge in [0, 0.05) is 46.2 Å². The Morgan fingerprint density at radius 3 is 1.80 bits per heavy atom. The number of hydrogen-bond donors (Lipinski definition) is 2. The molecule has 0 atom stereocenters. The van der Waals surface area contributed by atoms with Gasteiger partial charge in [-0.3, -0.25) is 0 Å². The van der Waals surface area contributed by atoms with E-state index >= 15 is 0 Å². The molecule has 0 unspecified atom stereocenters. The van der Waals surface area contributed by atoms with Gasteiger partial charge in [-0.25, -0.2) is 15.0 Å². The molecule has 262 valence electrons. The molecular weight excluding hydrogens is 673 g/mol. The second kappa shape index (κ2) is 13.9. The SMILES string of the molecule is C1=CCNC(C2=C(c3nc(-c4ccccc4)nc(-c4ccc(-c5ccc(-c6cccc7c6c6ccccc6n7-c6ccccc6)cc5)cc4)n3)C=CCN2)=C1. The van der Waals surface area contributed by atoms with Crippen LogP contribution in [0.1, 0.15) is 5.82 Å². The van der Waals surface area contributed by atoms with Gasteiger partial charge in [0.1, 0.15) is 0 Å². The number of allylic oxidation sites excluding steroid dienone is 4. The molecule has 0 spiro atoms. The zero-order chi connectivity index (χ0) is 36.6. The van der Waals surface area contributed by atoms with Gasteiger partial charge >= 0.3 is 0 Å². The number of hydrogen-bond acceptors (Lipinski definition) is 5. The van der Waals surface area contributed by atoms with Gasteiger partial charge in [0.05, 0.1) is 22.4 Å². The summed E-state index contributed by atoms with van der Waals surface area (Å²) in [4.78, 5) is 15.1. The van der Waals surface area contributed by atoms with Crippen LogP contribution in [0.3, 0.4) is 0 Å². The lowest BCUT2D eigenvalue weighted by Gasteiger charge is -2.22. The summed E-state index contributed by atoms with van der Waals surface area (Å²) in [6, 6.07) is 53.5. The molecule has 2 aliphatic rings. The maximum Gasteiger partial charge on any atom is 0.166 e. The molecule has 0 saturated heterocycles. The van der Waals surface area contributed by atoms with Crippen molar-refractivity contribution in [3.05, 3.63) is 199 Å². The molecule has 0 radical (unpaired) electrons. The van der Waals surface area contributed by atoms with Gasteiger partial charge < -0.3 is 15.2 Å². The molecule has 6 aromatic carbocycles. The van der Waals surface area contributed by atoms with Crippen molar-refractivity contribution in [3.8, 4) is 50.7 Å². The Morgan fingerprint density at radius 2 is 1.07 bits per heavy atom. The third-order valence-electron chi connectivity index (χ3n) is 10.3. The Morgan fingerprint density at radius 1 is 0.473 bits per heavy atom. The molecule has 55 heavy (non-hydrogen) atoms. The molecule has 0 aliphatic carbocycles. The average Bonchev–Trinajstić information content (AvgIpc) is 3.62. The van der Waals surface area contributed by atoms with Crippen LogP contribution in [0.2, 0.25) is 0 Å². The van der Waals surface area contributed by atoms with Gasteiger partial charge in [-0.2, -0.15) is 0 Å². The van der Waals surface area contributed by atoms with Crippen LogP contribution in [0, 0.1) is 0 Å². The lowest BCUT2D eigenvalue weighted by Crippen LogP contribution is -2.28. The van der Waals surface area contributed by atoms with Crippen molar-refractivity contribution in [3.63, 3.8) is 0 Å². The van der Waals surface area contributed by atoms with Gasteiger partial charge in [0.25, 0.3) is 0 Å². The van der Waals surface area contributed by atoms with Gasteiger partial charge in [-0.1, -0.05) is 152 Å². The fourth-order valence-electron chi connectivity index (χ4n) is 7.69. The quantitative estimate of drug-likeness (QED) is 0.173. The zero-order valence-corrected chi connectivity index (χ0v) is 30.0. The molecule has 10 rings (SSSR count). The lowest BCUT2D eigenvalue weighted by atomic mass is 9.96. The number of rotatable bonds is 7. The number of benzene rings is 6. The van der Waals surface area contributed by atoms with E-state index in [1.807, 2.05) is 30.3 Å². The standard InChI is InChI=1S/C49H36N6/c1-3-13-36(14-4-1)47-52-48(54-49(53-47)41-19-12-32-51-46(41)42-20-9-10-31-50-42)37-29-25-34(26-30-37)33-23-27-35(28-24-33)39-18-11-22-44-45(39)40-17-7-8-21-43(40)55(44)38-15-5-2-6-16-38/h1-30,50-51H,31-32H2. The van der Waals surface area contributed by atoms with E-state index < -0.39 is 0 Å². The predicted molar refractivity (Wildman–Crippen MR) is 225 cm³/mol. The summed E-state index contributed by atoms with van der Waals surface area (Å²) < 4.78 is 2.37. The number of aromatic nitrogens is 4. The zero-order valence-electron chi connectivity index (χ0n) is 30.0. The first-order valence-corrected chi connectivity index (χ1v) is 18.6. The molecule has 6 nitrogen and oxygen atoms in total. The first kappa shape index (κ1) is 32.3. The van der Waals surface area contributed by atoms with Crippen molar-refractivity contribution in [1.29, 1.82) is 0 Å². The maximum absolute atomic E-state index is 5.07. The van der Waals surface area contributed by atoms with Crippen molar-refractivity contribution in [2.75, 3.05) is 13.1 Å². The van der Waals surface area contributed by atoms with Crippen LogP contribution in [-0.4, -0.2) is 32.6 Å². The van der Waals surface area contributed by atoms with E-state index in [1.165, 1.54) is 32.9 Å². The minimum atomic E-state index is 0.626. The highest BCUT2D eigenvalue weighted by Gasteiger charge is 2.20. The number of nitrogens with one attached hydrogen (secondary N) is 2. The highest BCUT2D eigenvalue weighted by Crippen LogP contribution is 2.39. The van der Waals surface area contributed by atoms with Crippen molar-refractivity contribution in [1.82, 2.24) is 30.2 Å². The predicted octanol–water partition coefficient (Wildman–Crippen LogP) is 10.6. The first-order chi connectivity index (χ1) is 27.3. The summed E-state index contributed by atoms with van der Waals surface area (Å²) in [6.07, 6.45) is 10.5. The van der Waals surface area contributed by atoms with Crippen LogP contribution in [-0.2, 0) is 0 Å². The van der Waals surface area contributed by atoms with Crippen LogP contribution in [0.4, 0.5) is 0 Å². The van der Waals surface area contributed by atoms with E-state index in [0.29, 0.717) is 17.5 Å². The average molecular weight is 709 g/mol. The topological polar surface area (TPSA) is 67.7 Å². The van der Waals surface area contributed by atoms with E-state index in [1.54, 1.807) is 0 Å². The number of para-hydroxylation sites is 2. The largest absolute Gasteiger partial charge is 0.380 e. The third-order valence-corrected chi connectivity index (χ3v) is 10.3. The number of fused-ring (bicyclic) bond motifs is 3. The minimum Gasteiger partial charge on any atom is -0.380 e. The molecule has 0 bridgehead atoms. The van der Waals surface area contributed by atoms with Gasteiger partial charge in [0.2, 0.25) is 0 Å².